The Morgan fingerprint density at radius 2 is 1.68 bits per heavy atom. The van der Waals surface area contributed by atoms with Crippen molar-refractivity contribution in [1.29, 1.82) is 0 Å². The van der Waals surface area contributed by atoms with Crippen LogP contribution in [0, 0.1) is 0 Å². The van der Waals surface area contributed by atoms with E-state index in [9.17, 15) is 0 Å². The molecule has 0 bridgehead atoms. The summed E-state index contributed by atoms with van der Waals surface area (Å²) in [4.78, 5) is 2.49. The first-order valence-corrected chi connectivity index (χ1v) is 8.39. The van der Waals surface area contributed by atoms with Crippen molar-refractivity contribution in [3.05, 3.63) is 41.0 Å². The minimum absolute atomic E-state index is 0.220. The Kier molecular flexibility index (Phi) is 5.46. The minimum Gasteiger partial charge on any atom is -0.373 e. The first-order chi connectivity index (χ1) is 10.2. The number of nitrogens with zero attached hydrogens (tertiary/aromatic N) is 1. The van der Waals surface area contributed by atoms with Crippen molar-refractivity contribution in [2.24, 2.45) is 0 Å². The van der Waals surface area contributed by atoms with Crippen LogP contribution in [-0.2, 0) is 10.2 Å². The van der Waals surface area contributed by atoms with Crippen LogP contribution >= 0.6 is 0 Å². The number of morpholine rings is 1. The lowest BCUT2D eigenvalue weighted by atomic mass is 9.86. The molecule has 2 rings (SSSR count). The van der Waals surface area contributed by atoms with Crippen molar-refractivity contribution < 1.29 is 4.74 Å². The average Bonchev–Trinajstić information content (AvgIpc) is 2.36. The van der Waals surface area contributed by atoms with E-state index >= 15 is 0 Å². The standard InChI is InChI=1S/C20H31NO/c1-15(12-21-13-16(2)22-17(3)14-21)11-18-7-9-19(10-8-18)20(4,5)6/h7-11,16-17H,12-14H2,1-6H3. The Morgan fingerprint density at radius 1 is 1.14 bits per heavy atom. The van der Waals surface area contributed by atoms with Gasteiger partial charge in [0.1, 0.15) is 0 Å². The topological polar surface area (TPSA) is 12.5 Å². The summed E-state index contributed by atoms with van der Waals surface area (Å²) in [5, 5.41) is 0. The Hall–Kier alpha value is -1.12. The predicted octanol–water partition coefficient (Wildman–Crippen LogP) is 4.50. The fraction of sp³-hybridized carbons (Fsp3) is 0.600. The summed E-state index contributed by atoms with van der Waals surface area (Å²) in [5.41, 5.74) is 4.31. The molecule has 1 aromatic carbocycles. The lowest BCUT2D eigenvalue weighted by Crippen LogP contribution is -2.45. The second-order valence-corrected chi connectivity index (χ2v) is 7.81. The van der Waals surface area contributed by atoms with E-state index in [1.807, 2.05) is 0 Å². The molecule has 0 amide bonds. The minimum atomic E-state index is 0.220. The molecule has 0 N–H and O–H groups in total. The monoisotopic (exact) mass is 301 g/mol. The van der Waals surface area contributed by atoms with Crippen molar-refractivity contribution in [2.45, 2.75) is 59.2 Å². The smallest absolute Gasteiger partial charge is 0.0678 e. The maximum atomic E-state index is 5.80. The summed E-state index contributed by atoms with van der Waals surface area (Å²) >= 11 is 0. The highest BCUT2D eigenvalue weighted by atomic mass is 16.5. The van der Waals surface area contributed by atoms with E-state index in [0.717, 1.165) is 19.6 Å². The Labute approximate surface area is 136 Å². The highest BCUT2D eigenvalue weighted by Gasteiger charge is 2.21. The van der Waals surface area contributed by atoms with Gasteiger partial charge in [0.25, 0.3) is 0 Å². The van der Waals surface area contributed by atoms with Crippen molar-refractivity contribution in [1.82, 2.24) is 4.90 Å². The molecule has 1 heterocycles. The summed E-state index contributed by atoms with van der Waals surface area (Å²) in [6, 6.07) is 8.96. The highest BCUT2D eigenvalue weighted by molar-refractivity contribution is 5.53. The zero-order chi connectivity index (χ0) is 16.3. The number of rotatable bonds is 3. The summed E-state index contributed by atoms with van der Waals surface area (Å²) in [7, 11) is 0. The largest absolute Gasteiger partial charge is 0.373 e. The maximum absolute atomic E-state index is 5.80. The molecular weight excluding hydrogens is 270 g/mol. The van der Waals surface area contributed by atoms with Crippen molar-refractivity contribution in [2.75, 3.05) is 19.6 Å². The maximum Gasteiger partial charge on any atom is 0.0678 e. The molecule has 1 aliphatic rings. The van der Waals surface area contributed by atoms with Crippen LogP contribution in [0.3, 0.4) is 0 Å². The molecule has 0 spiro atoms. The molecule has 2 atom stereocenters. The van der Waals surface area contributed by atoms with Crippen LogP contribution in [0.15, 0.2) is 29.8 Å². The fourth-order valence-electron chi connectivity index (χ4n) is 3.18. The van der Waals surface area contributed by atoms with E-state index < -0.39 is 0 Å². The molecule has 1 fully saturated rings. The molecule has 1 aliphatic heterocycles. The normalized spacial score (nSPS) is 24.5. The van der Waals surface area contributed by atoms with Crippen LogP contribution in [0.2, 0.25) is 0 Å². The molecule has 0 aliphatic carbocycles. The second-order valence-electron chi connectivity index (χ2n) is 7.81. The van der Waals surface area contributed by atoms with E-state index in [2.05, 4.69) is 76.8 Å². The molecule has 0 aromatic heterocycles. The fourth-order valence-corrected chi connectivity index (χ4v) is 3.18. The number of ether oxygens (including phenoxy) is 1. The lowest BCUT2D eigenvalue weighted by molar-refractivity contribution is -0.0652. The molecule has 0 saturated carbocycles. The van der Waals surface area contributed by atoms with Gasteiger partial charge in [0, 0.05) is 19.6 Å². The third kappa shape index (κ3) is 4.96. The Morgan fingerprint density at radius 3 is 2.18 bits per heavy atom. The number of benzene rings is 1. The van der Waals surface area contributed by atoms with Gasteiger partial charge in [-0.25, -0.2) is 0 Å². The van der Waals surface area contributed by atoms with Crippen LogP contribution < -0.4 is 0 Å². The van der Waals surface area contributed by atoms with Gasteiger partial charge in [0.2, 0.25) is 0 Å². The molecule has 2 heteroatoms. The van der Waals surface area contributed by atoms with Crippen molar-refractivity contribution in [3.63, 3.8) is 0 Å². The van der Waals surface area contributed by atoms with Gasteiger partial charge in [-0.2, -0.15) is 0 Å². The van der Waals surface area contributed by atoms with Gasteiger partial charge in [-0.3, -0.25) is 4.90 Å². The number of hydrogen-bond donors (Lipinski definition) is 0. The third-order valence-corrected chi connectivity index (χ3v) is 4.16. The Bertz CT molecular complexity index is 500. The van der Waals surface area contributed by atoms with Gasteiger partial charge in [-0.15, -0.1) is 0 Å². The van der Waals surface area contributed by atoms with Gasteiger partial charge >= 0.3 is 0 Å². The highest BCUT2D eigenvalue weighted by Crippen LogP contribution is 2.23. The SMILES string of the molecule is CC(=Cc1ccc(C(C)(C)C)cc1)CN1CC(C)OC(C)C1. The lowest BCUT2D eigenvalue weighted by Gasteiger charge is -2.35. The van der Waals surface area contributed by atoms with Crippen LogP contribution in [0.5, 0.6) is 0 Å². The summed E-state index contributed by atoms with van der Waals surface area (Å²) in [5.74, 6) is 0. The first-order valence-electron chi connectivity index (χ1n) is 8.39. The van der Waals surface area contributed by atoms with Crippen LogP contribution in [0.1, 0.15) is 52.7 Å². The summed E-state index contributed by atoms with van der Waals surface area (Å²) < 4.78 is 5.80. The van der Waals surface area contributed by atoms with Gasteiger partial charge in [-0.1, -0.05) is 56.7 Å². The van der Waals surface area contributed by atoms with Gasteiger partial charge in [0.05, 0.1) is 12.2 Å². The molecular formula is C20H31NO. The van der Waals surface area contributed by atoms with Crippen LogP contribution in [-0.4, -0.2) is 36.7 Å². The van der Waals surface area contributed by atoms with Gasteiger partial charge in [-0.05, 0) is 37.3 Å². The quantitative estimate of drug-likeness (QED) is 0.815. The van der Waals surface area contributed by atoms with Crippen molar-refractivity contribution in [3.8, 4) is 0 Å². The van der Waals surface area contributed by atoms with E-state index in [-0.39, 0.29) is 5.41 Å². The molecule has 0 radical (unpaired) electrons. The van der Waals surface area contributed by atoms with Gasteiger partial charge in [0.15, 0.2) is 0 Å². The van der Waals surface area contributed by atoms with Gasteiger partial charge < -0.3 is 4.74 Å². The molecule has 2 nitrogen and oxygen atoms in total. The molecule has 1 saturated heterocycles. The second kappa shape index (κ2) is 6.97. The zero-order valence-corrected chi connectivity index (χ0v) is 15.0. The van der Waals surface area contributed by atoms with E-state index in [0.29, 0.717) is 12.2 Å². The van der Waals surface area contributed by atoms with Crippen LogP contribution in [0.25, 0.3) is 6.08 Å². The molecule has 2 unspecified atom stereocenters. The molecule has 22 heavy (non-hydrogen) atoms. The van der Waals surface area contributed by atoms with E-state index in [1.165, 1.54) is 16.7 Å². The molecule has 1 aromatic rings. The predicted molar refractivity (Wildman–Crippen MR) is 95.2 cm³/mol. The molecule has 122 valence electrons. The number of hydrogen-bond acceptors (Lipinski definition) is 2. The summed E-state index contributed by atoms with van der Waals surface area (Å²) in [6.45, 7) is 16.4. The first kappa shape index (κ1) is 17.2. The summed E-state index contributed by atoms with van der Waals surface area (Å²) in [6.07, 6.45) is 2.97. The van der Waals surface area contributed by atoms with E-state index in [1.54, 1.807) is 0 Å². The van der Waals surface area contributed by atoms with Crippen LogP contribution in [0.4, 0.5) is 0 Å². The van der Waals surface area contributed by atoms with E-state index in [4.69, 9.17) is 4.74 Å². The third-order valence-electron chi connectivity index (χ3n) is 4.16. The Balaban J connectivity index is 2.00. The average molecular weight is 301 g/mol. The zero-order valence-electron chi connectivity index (χ0n) is 15.0. The van der Waals surface area contributed by atoms with Crippen molar-refractivity contribution >= 4 is 6.08 Å².